The summed E-state index contributed by atoms with van der Waals surface area (Å²) in [5, 5.41) is 3.84. The topological polar surface area (TPSA) is 104 Å². The average molecular weight is 389 g/mol. The van der Waals surface area contributed by atoms with Crippen LogP contribution in [0.5, 0.6) is 11.5 Å². The molecular formula is C18H19N3O5S. The minimum atomic E-state index is -3.90. The number of nitrogens with one attached hydrogen (secondary N) is 1. The van der Waals surface area contributed by atoms with Crippen LogP contribution in [0.4, 0.5) is 5.69 Å². The molecule has 1 N–H and O–H groups in total. The van der Waals surface area contributed by atoms with E-state index in [1.807, 2.05) is 0 Å². The third-order valence-corrected chi connectivity index (χ3v) is 5.42. The number of rotatable bonds is 6. The fourth-order valence-electron chi connectivity index (χ4n) is 2.54. The van der Waals surface area contributed by atoms with Crippen molar-refractivity contribution in [3.8, 4) is 22.9 Å². The molecule has 0 aliphatic heterocycles. The van der Waals surface area contributed by atoms with Gasteiger partial charge in [-0.1, -0.05) is 17.3 Å². The minimum Gasteiger partial charge on any atom is -0.497 e. The first kappa shape index (κ1) is 18.7. The molecule has 0 atom stereocenters. The number of nitrogens with zero attached hydrogens (tertiary/aromatic N) is 2. The molecule has 0 radical (unpaired) electrons. The van der Waals surface area contributed by atoms with Crippen LogP contribution in [0.3, 0.4) is 0 Å². The highest BCUT2D eigenvalue weighted by Crippen LogP contribution is 2.32. The fraction of sp³-hybridized carbons (Fsp3) is 0.222. The molecule has 1 aromatic heterocycles. The van der Waals surface area contributed by atoms with E-state index < -0.39 is 10.0 Å². The van der Waals surface area contributed by atoms with Gasteiger partial charge in [0.2, 0.25) is 11.7 Å². The van der Waals surface area contributed by atoms with Gasteiger partial charge >= 0.3 is 0 Å². The van der Waals surface area contributed by atoms with Crippen molar-refractivity contribution < 1.29 is 22.4 Å². The molecule has 8 nitrogen and oxygen atoms in total. The smallest absolute Gasteiger partial charge is 0.262 e. The number of methoxy groups -OCH3 is 2. The molecule has 0 bridgehead atoms. The van der Waals surface area contributed by atoms with Gasteiger partial charge in [-0.15, -0.1) is 0 Å². The van der Waals surface area contributed by atoms with Gasteiger partial charge in [-0.25, -0.2) is 8.42 Å². The molecule has 3 aromatic rings. The van der Waals surface area contributed by atoms with Crippen molar-refractivity contribution in [1.82, 2.24) is 10.1 Å². The lowest BCUT2D eigenvalue weighted by Gasteiger charge is -2.14. The van der Waals surface area contributed by atoms with E-state index in [1.54, 1.807) is 44.2 Å². The molecule has 0 fully saturated rings. The first-order valence-electron chi connectivity index (χ1n) is 8.00. The molecule has 0 unspecified atom stereocenters. The van der Waals surface area contributed by atoms with Gasteiger partial charge < -0.3 is 14.0 Å². The van der Waals surface area contributed by atoms with Gasteiger partial charge in [0.05, 0.1) is 24.8 Å². The van der Waals surface area contributed by atoms with E-state index in [9.17, 15) is 8.42 Å². The standard InChI is InChI=1S/C18H19N3O5S/c1-11-5-6-13(18-19-12(2)26-20-18)9-17(11)27(22,23)21-15-10-14(24-3)7-8-16(15)25-4/h5-10,21H,1-4H3. The number of hydrogen-bond donors (Lipinski definition) is 1. The van der Waals surface area contributed by atoms with Crippen molar-refractivity contribution in [3.05, 3.63) is 47.9 Å². The second-order valence-electron chi connectivity index (χ2n) is 5.79. The van der Waals surface area contributed by atoms with Crippen LogP contribution in [0, 0.1) is 13.8 Å². The summed E-state index contributed by atoms with van der Waals surface area (Å²) in [6.45, 7) is 3.38. The Balaban J connectivity index is 2.03. The van der Waals surface area contributed by atoms with Gasteiger partial charge in [-0.05, 0) is 30.7 Å². The third kappa shape index (κ3) is 3.87. The highest BCUT2D eigenvalue weighted by Gasteiger charge is 2.21. The first-order chi connectivity index (χ1) is 12.8. The second kappa shape index (κ2) is 7.28. The Hall–Kier alpha value is -3.07. The quantitative estimate of drug-likeness (QED) is 0.690. The molecule has 3 rings (SSSR count). The van der Waals surface area contributed by atoms with Crippen molar-refractivity contribution in [2.75, 3.05) is 18.9 Å². The van der Waals surface area contributed by atoms with E-state index >= 15 is 0 Å². The zero-order valence-corrected chi connectivity index (χ0v) is 16.1. The molecule has 2 aromatic carbocycles. The zero-order valence-electron chi connectivity index (χ0n) is 15.3. The Kier molecular flexibility index (Phi) is 5.04. The molecular weight excluding hydrogens is 370 g/mol. The van der Waals surface area contributed by atoms with Gasteiger partial charge in [0.25, 0.3) is 10.0 Å². The van der Waals surface area contributed by atoms with Gasteiger partial charge in [-0.2, -0.15) is 4.98 Å². The number of aromatic nitrogens is 2. The van der Waals surface area contributed by atoms with Crippen molar-refractivity contribution in [2.45, 2.75) is 18.7 Å². The summed E-state index contributed by atoms with van der Waals surface area (Å²) >= 11 is 0. The number of sulfonamides is 1. The molecule has 0 amide bonds. The van der Waals surface area contributed by atoms with Crippen LogP contribution in [0.1, 0.15) is 11.5 Å². The highest BCUT2D eigenvalue weighted by atomic mass is 32.2. The van der Waals surface area contributed by atoms with Crippen LogP contribution in [-0.4, -0.2) is 32.8 Å². The number of ether oxygens (including phenoxy) is 2. The maximum absolute atomic E-state index is 13.0. The molecule has 0 aliphatic carbocycles. The maximum Gasteiger partial charge on any atom is 0.262 e. The summed E-state index contributed by atoms with van der Waals surface area (Å²) in [5.41, 5.74) is 1.39. The van der Waals surface area contributed by atoms with E-state index in [4.69, 9.17) is 14.0 Å². The largest absolute Gasteiger partial charge is 0.497 e. The lowest BCUT2D eigenvalue weighted by Crippen LogP contribution is -2.15. The molecule has 9 heteroatoms. The summed E-state index contributed by atoms with van der Waals surface area (Å²) in [7, 11) is -0.934. The number of benzene rings is 2. The lowest BCUT2D eigenvalue weighted by atomic mass is 10.1. The van der Waals surface area contributed by atoms with Gasteiger partial charge in [0, 0.05) is 18.6 Å². The van der Waals surface area contributed by atoms with Crippen molar-refractivity contribution in [3.63, 3.8) is 0 Å². The van der Waals surface area contributed by atoms with Crippen LogP contribution in [0.2, 0.25) is 0 Å². The van der Waals surface area contributed by atoms with E-state index in [2.05, 4.69) is 14.9 Å². The SMILES string of the molecule is COc1ccc(OC)c(NS(=O)(=O)c2cc(-c3noc(C)n3)ccc2C)c1. The Labute approximate surface area is 157 Å². The molecule has 142 valence electrons. The normalized spacial score (nSPS) is 11.3. The molecule has 1 heterocycles. The van der Waals surface area contributed by atoms with E-state index in [0.29, 0.717) is 34.3 Å². The predicted molar refractivity (Wildman–Crippen MR) is 99.6 cm³/mol. The Morgan fingerprint density at radius 3 is 2.44 bits per heavy atom. The minimum absolute atomic E-state index is 0.104. The monoisotopic (exact) mass is 389 g/mol. The molecule has 0 saturated heterocycles. The first-order valence-corrected chi connectivity index (χ1v) is 9.48. The Morgan fingerprint density at radius 2 is 1.81 bits per heavy atom. The number of aryl methyl sites for hydroxylation is 2. The number of hydrogen-bond acceptors (Lipinski definition) is 7. The summed E-state index contributed by atoms with van der Waals surface area (Å²) in [6, 6.07) is 9.80. The van der Waals surface area contributed by atoms with Crippen molar-refractivity contribution in [1.29, 1.82) is 0 Å². The molecule has 0 aliphatic rings. The zero-order chi connectivity index (χ0) is 19.6. The third-order valence-electron chi connectivity index (χ3n) is 3.91. The summed E-state index contributed by atoms with van der Waals surface area (Å²) in [5.74, 6) is 1.60. The maximum atomic E-state index is 13.0. The number of anilines is 1. The van der Waals surface area contributed by atoms with E-state index in [1.165, 1.54) is 20.3 Å². The fourth-order valence-corrected chi connectivity index (χ4v) is 3.87. The predicted octanol–water partition coefficient (Wildman–Crippen LogP) is 3.17. The van der Waals surface area contributed by atoms with Gasteiger partial charge in [-0.3, -0.25) is 4.72 Å². The lowest BCUT2D eigenvalue weighted by molar-refractivity contribution is 0.394. The summed E-state index contributed by atoms with van der Waals surface area (Å²) in [6.07, 6.45) is 0. The second-order valence-corrected chi connectivity index (χ2v) is 7.44. The molecule has 0 saturated carbocycles. The van der Waals surface area contributed by atoms with Gasteiger partial charge in [0.15, 0.2) is 0 Å². The van der Waals surface area contributed by atoms with Crippen LogP contribution in [0.25, 0.3) is 11.4 Å². The van der Waals surface area contributed by atoms with Crippen LogP contribution >= 0.6 is 0 Å². The molecule has 27 heavy (non-hydrogen) atoms. The Bertz CT molecular complexity index is 1080. The van der Waals surface area contributed by atoms with Crippen LogP contribution in [0.15, 0.2) is 45.8 Å². The van der Waals surface area contributed by atoms with E-state index in [-0.39, 0.29) is 10.6 Å². The highest BCUT2D eigenvalue weighted by molar-refractivity contribution is 7.92. The van der Waals surface area contributed by atoms with Crippen molar-refractivity contribution >= 4 is 15.7 Å². The van der Waals surface area contributed by atoms with Gasteiger partial charge in [0.1, 0.15) is 11.5 Å². The summed E-state index contributed by atoms with van der Waals surface area (Å²) in [4.78, 5) is 4.24. The van der Waals surface area contributed by atoms with Crippen molar-refractivity contribution in [2.24, 2.45) is 0 Å². The molecule has 0 spiro atoms. The summed E-state index contributed by atoms with van der Waals surface area (Å²) < 4.78 is 43.9. The Morgan fingerprint density at radius 1 is 1.04 bits per heavy atom. The van der Waals surface area contributed by atoms with E-state index in [0.717, 1.165) is 0 Å². The van der Waals surface area contributed by atoms with Crippen LogP contribution in [-0.2, 0) is 10.0 Å². The van der Waals surface area contributed by atoms with Crippen LogP contribution < -0.4 is 14.2 Å². The average Bonchev–Trinajstić information content (AvgIpc) is 3.08.